The number of nitrogens with two attached hydrogens (primary N) is 1. The number of halogens is 4. The minimum Gasteiger partial charge on any atom is -0.320 e. The molecule has 2 aromatic carbocycles. The normalized spacial score (nSPS) is 12.5. The molecule has 0 aliphatic heterocycles. The van der Waals surface area contributed by atoms with Crippen molar-refractivity contribution in [1.82, 2.24) is 0 Å². The molecule has 1 unspecified atom stereocenters. The molecule has 0 amide bonds. The molecule has 0 aliphatic carbocycles. The Kier molecular flexibility index (Phi) is 4.36. The van der Waals surface area contributed by atoms with E-state index in [0.717, 1.165) is 0 Å². The van der Waals surface area contributed by atoms with Crippen LogP contribution in [0.5, 0.6) is 0 Å². The van der Waals surface area contributed by atoms with E-state index >= 15 is 0 Å². The first-order valence-corrected chi connectivity index (χ1v) is 6.69. The monoisotopic (exact) mass is 317 g/mol. The molecular formula is C14H11Cl3FN. The van der Waals surface area contributed by atoms with Gasteiger partial charge in [0.2, 0.25) is 0 Å². The summed E-state index contributed by atoms with van der Waals surface area (Å²) < 4.78 is 13.4. The predicted octanol–water partition coefficient (Wildman–Crippen LogP) is 5.14. The summed E-state index contributed by atoms with van der Waals surface area (Å²) in [5.41, 5.74) is 7.96. The smallest absolute Gasteiger partial charge is 0.127 e. The lowest BCUT2D eigenvalue weighted by Gasteiger charge is -2.17. The summed E-state index contributed by atoms with van der Waals surface area (Å²) in [7, 11) is 0. The van der Waals surface area contributed by atoms with Gasteiger partial charge in [0.05, 0.1) is 6.04 Å². The molecular weight excluding hydrogens is 308 g/mol. The maximum atomic E-state index is 13.4. The molecule has 100 valence electrons. The van der Waals surface area contributed by atoms with E-state index in [9.17, 15) is 4.39 Å². The molecule has 0 bridgehead atoms. The molecule has 5 heteroatoms. The Hall–Kier alpha value is -0.800. The van der Waals surface area contributed by atoms with Gasteiger partial charge >= 0.3 is 0 Å². The molecule has 0 fully saturated rings. The first-order chi connectivity index (χ1) is 8.90. The number of hydrogen-bond acceptors (Lipinski definition) is 1. The minimum atomic E-state index is -0.531. The maximum absolute atomic E-state index is 13.4. The Bertz CT molecular complexity index is 628. The van der Waals surface area contributed by atoms with Gasteiger partial charge in [0.25, 0.3) is 0 Å². The van der Waals surface area contributed by atoms with Gasteiger partial charge in [-0.1, -0.05) is 40.9 Å². The highest BCUT2D eigenvalue weighted by Gasteiger charge is 2.17. The van der Waals surface area contributed by atoms with Gasteiger partial charge in [0.15, 0.2) is 0 Å². The lowest BCUT2D eigenvalue weighted by atomic mass is 9.98. The Morgan fingerprint density at radius 1 is 1.00 bits per heavy atom. The van der Waals surface area contributed by atoms with Crippen LogP contribution in [0.4, 0.5) is 4.39 Å². The van der Waals surface area contributed by atoms with Crippen LogP contribution in [0.3, 0.4) is 0 Å². The third-order valence-corrected chi connectivity index (χ3v) is 3.80. The fourth-order valence-corrected chi connectivity index (χ4v) is 2.63. The van der Waals surface area contributed by atoms with Crippen molar-refractivity contribution in [2.24, 2.45) is 5.73 Å². The average Bonchev–Trinajstić information content (AvgIpc) is 2.33. The summed E-state index contributed by atoms with van der Waals surface area (Å²) in [6.07, 6.45) is 0. The molecule has 0 saturated heterocycles. The lowest BCUT2D eigenvalue weighted by molar-refractivity contribution is 0.617. The highest BCUT2D eigenvalue weighted by molar-refractivity contribution is 6.35. The van der Waals surface area contributed by atoms with E-state index in [1.165, 1.54) is 6.07 Å². The molecule has 0 spiro atoms. The van der Waals surface area contributed by atoms with Crippen molar-refractivity contribution in [2.75, 3.05) is 0 Å². The zero-order chi connectivity index (χ0) is 14.2. The van der Waals surface area contributed by atoms with E-state index in [-0.39, 0.29) is 10.8 Å². The quantitative estimate of drug-likeness (QED) is 0.815. The highest BCUT2D eigenvalue weighted by atomic mass is 35.5. The number of benzene rings is 2. The molecule has 0 aliphatic rings. The van der Waals surface area contributed by atoms with E-state index in [1.54, 1.807) is 31.2 Å². The van der Waals surface area contributed by atoms with Crippen LogP contribution in [0.25, 0.3) is 0 Å². The summed E-state index contributed by atoms with van der Waals surface area (Å²) in [4.78, 5) is 0. The van der Waals surface area contributed by atoms with Crippen LogP contribution in [-0.4, -0.2) is 0 Å². The SMILES string of the molecule is Cc1cc(C(N)c2ccc(Cl)cc2Cl)c(Cl)cc1F. The zero-order valence-corrected chi connectivity index (χ0v) is 12.3. The van der Waals surface area contributed by atoms with Crippen molar-refractivity contribution in [3.05, 3.63) is 67.9 Å². The van der Waals surface area contributed by atoms with E-state index in [1.807, 2.05) is 0 Å². The molecule has 2 rings (SSSR count). The van der Waals surface area contributed by atoms with Crippen molar-refractivity contribution >= 4 is 34.8 Å². The van der Waals surface area contributed by atoms with Crippen molar-refractivity contribution in [1.29, 1.82) is 0 Å². The van der Waals surface area contributed by atoms with Gasteiger partial charge in [-0.3, -0.25) is 0 Å². The summed E-state index contributed by atoms with van der Waals surface area (Å²) in [5, 5.41) is 1.27. The van der Waals surface area contributed by atoms with Gasteiger partial charge in [-0.25, -0.2) is 4.39 Å². The Morgan fingerprint density at radius 2 is 1.63 bits per heavy atom. The van der Waals surface area contributed by atoms with E-state index < -0.39 is 6.04 Å². The van der Waals surface area contributed by atoms with Crippen LogP contribution < -0.4 is 5.73 Å². The Labute approximate surface area is 126 Å². The summed E-state index contributed by atoms with van der Waals surface area (Å²) in [5.74, 6) is -0.358. The van der Waals surface area contributed by atoms with Crippen LogP contribution in [-0.2, 0) is 0 Å². The molecule has 2 N–H and O–H groups in total. The first-order valence-electron chi connectivity index (χ1n) is 5.56. The predicted molar refractivity (Wildman–Crippen MR) is 78.6 cm³/mol. The fourth-order valence-electron chi connectivity index (χ4n) is 1.84. The average molecular weight is 319 g/mol. The van der Waals surface area contributed by atoms with E-state index in [2.05, 4.69) is 0 Å². The number of rotatable bonds is 2. The summed E-state index contributed by atoms with van der Waals surface area (Å²) in [6, 6.07) is 7.42. The molecule has 0 aromatic heterocycles. The third-order valence-electron chi connectivity index (χ3n) is 2.91. The van der Waals surface area contributed by atoms with E-state index in [0.29, 0.717) is 26.7 Å². The summed E-state index contributed by atoms with van der Waals surface area (Å²) in [6.45, 7) is 1.66. The van der Waals surface area contributed by atoms with Gasteiger partial charge in [-0.05, 0) is 47.9 Å². The summed E-state index contributed by atoms with van der Waals surface area (Å²) >= 11 is 18.0. The fraction of sp³-hybridized carbons (Fsp3) is 0.143. The molecule has 1 atom stereocenters. The van der Waals surface area contributed by atoms with Crippen LogP contribution in [0, 0.1) is 12.7 Å². The second kappa shape index (κ2) is 5.68. The highest BCUT2D eigenvalue weighted by Crippen LogP contribution is 2.33. The molecule has 0 saturated carbocycles. The van der Waals surface area contributed by atoms with Gasteiger partial charge in [-0.15, -0.1) is 0 Å². The Balaban J connectivity index is 2.49. The van der Waals surface area contributed by atoms with Crippen LogP contribution >= 0.6 is 34.8 Å². The van der Waals surface area contributed by atoms with Gasteiger partial charge < -0.3 is 5.73 Å². The molecule has 0 radical (unpaired) electrons. The molecule has 19 heavy (non-hydrogen) atoms. The van der Waals surface area contributed by atoms with Crippen molar-refractivity contribution in [2.45, 2.75) is 13.0 Å². The molecule has 1 nitrogen and oxygen atoms in total. The van der Waals surface area contributed by atoms with Crippen molar-refractivity contribution in [3.8, 4) is 0 Å². The number of hydrogen-bond donors (Lipinski definition) is 1. The third kappa shape index (κ3) is 3.03. The number of aryl methyl sites for hydroxylation is 1. The zero-order valence-electron chi connectivity index (χ0n) is 10.1. The topological polar surface area (TPSA) is 26.0 Å². The van der Waals surface area contributed by atoms with Crippen molar-refractivity contribution in [3.63, 3.8) is 0 Å². The first kappa shape index (κ1) is 14.6. The van der Waals surface area contributed by atoms with Crippen molar-refractivity contribution < 1.29 is 4.39 Å². The molecule has 2 aromatic rings. The lowest BCUT2D eigenvalue weighted by Crippen LogP contribution is -2.13. The largest absolute Gasteiger partial charge is 0.320 e. The van der Waals surface area contributed by atoms with Crippen LogP contribution in [0.15, 0.2) is 30.3 Å². The van der Waals surface area contributed by atoms with Crippen LogP contribution in [0.2, 0.25) is 15.1 Å². The van der Waals surface area contributed by atoms with Gasteiger partial charge in [0, 0.05) is 15.1 Å². The second-order valence-corrected chi connectivity index (χ2v) is 5.52. The van der Waals surface area contributed by atoms with E-state index in [4.69, 9.17) is 40.5 Å². The minimum absolute atomic E-state index is 0.279. The van der Waals surface area contributed by atoms with Crippen LogP contribution in [0.1, 0.15) is 22.7 Å². The van der Waals surface area contributed by atoms with Gasteiger partial charge in [0.1, 0.15) is 5.82 Å². The Morgan fingerprint density at radius 3 is 2.26 bits per heavy atom. The molecule has 0 heterocycles. The standard InChI is InChI=1S/C14H11Cl3FN/c1-7-4-10(12(17)6-13(7)18)14(19)9-3-2-8(15)5-11(9)16/h2-6,14H,19H2,1H3. The second-order valence-electron chi connectivity index (χ2n) is 4.27. The maximum Gasteiger partial charge on any atom is 0.127 e. The van der Waals surface area contributed by atoms with Gasteiger partial charge in [-0.2, -0.15) is 0 Å².